The van der Waals surface area contributed by atoms with E-state index in [1.165, 1.54) is 5.69 Å². The average molecular weight is 288 g/mol. The second-order valence-corrected chi connectivity index (χ2v) is 5.48. The van der Waals surface area contributed by atoms with Crippen molar-refractivity contribution in [1.29, 1.82) is 0 Å². The molecule has 0 spiro atoms. The number of ether oxygens (including phenoxy) is 1. The van der Waals surface area contributed by atoms with E-state index in [2.05, 4.69) is 39.9 Å². The maximum absolute atomic E-state index is 5.74. The summed E-state index contributed by atoms with van der Waals surface area (Å²) in [4.78, 5) is 7.23. The highest BCUT2D eigenvalue weighted by atomic mass is 16.5. The number of fused-ring (bicyclic) bond motifs is 1. The molecule has 5 nitrogen and oxygen atoms in total. The topological polar surface area (TPSA) is 41.8 Å². The summed E-state index contributed by atoms with van der Waals surface area (Å²) < 4.78 is 7.92. The van der Waals surface area contributed by atoms with Crippen LogP contribution in [-0.4, -0.2) is 42.2 Å². The summed E-state index contributed by atoms with van der Waals surface area (Å²) >= 11 is 0. The molecule has 3 heterocycles. The van der Waals surface area contributed by atoms with Crippen molar-refractivity contribution in [2.75, 3.05) is 31.6 Å². The Morgan fingerprint density at radius 3 is 2.86 bits per heavy atom. The van der Waals surface area contributed by atoms with Crippen molar-refractivity contribution in [3.05, 3.63) is 30.1 Å². The predicted molar refractivity (Wildman–Crippen MR) is 84.8 cm³/mol. The summed E-state index contributed by atoms with van der Waals surface area (Å²) in [5, 5.41) is 3.26. The molecule has 1 fully saturated rings. The van der Waals surface area contributed by atoms with Crippen LogP contribution in [0.5, 0.6) is 0 Å². The van der Waals surface area contributed by atoms with Crippen LogP contribution in [0.1, 0.15) is 25.5 Å². The lowest BCUT2D eigenvalue weighted by atomic mass is 10.1. The molecule has 0 bridgehead atoms. The van der Waals surface area contributed by atoms with E-state index in [0.717, 1.165) is 50.5 Å². The van der Waals surface area contributed by atoms with Crippen molar-refractivity contribution in [3.63, 3.8) is 0 Å². The van der Waals surface area contributed by atoms with Gasteiger partial charge in [0.15, 0.2) is 5.82 Å². The van der Waals surface area contributed by atoms with E-state index >= 15 is 0 Å². The first-order valence-corrected chi connectivity index (χ1v) is 7.80. The van der Waals surface area contributed by atoms with Crippen LogP contribution < -0.4 is 10.2 Å². The number of hydrogen-bond donors (Lipinski definition) is 1. The van der Waals surface area contributed by atoms with Gasteiger partial charge in [0.25, 0.3) is 0 Å². The van der Waals surface area contributed by atoms with Gasteiger partial charge in [-0.2, -0.15) is 0 Å². The molecule has 0 aromatic carbocycles. The number of nitrogens with zero attached hydrogens (tertiary/aromatic N) is 3. The van der Waals surface area contributed by atoms with Crippen LogP contribution in [0, 0.1) is 0 Å². The van der Waals surface area contributed by atoms with E-state index in [4.69, 9.17) is 9.72 Å². The van der Waals surface area contributed by atoms with E-state index in [-0.39, 0.29) is 0 Å². The summed E-state index contributed by atoms with van der Waals surface area (Å²) in [6, 6.07) is 6.16. The first kappa shape index (κ1) is 14.4. The smallest absolute Gasteiger partial charge is 0.152 e. The fraction of sp³-hybridized carbons (Fsp3) is 0.562. The van der Waals surface area contributed by atoms with E-state index in [1.807, 2.05) is 13.1 Å². The van der Waals surface area contributed by atoms with E-state index in [1.54, 1.807) is 0 Å². The van der Waals surface area contributed by atoms with Crippen LogP contribution in [0.3, 0.4) is 0 Å². The molecule has 21 heavy (non-hydrogen) atoms. The molecule has 0 atom stereocenters. The molecule has 1 aliphatic rings. The zero-order chi connectivity index (χ0) is 14.7. The van der Waals surface area contributed by atoms with Gasteiger partial charge in [0.2, 0.25) is 0 Å². The Hall–Kier alpha value is -1.59. The third kappa shape index (κ3) is 2.89. The SMILES string of the molecule is CCOC1CCN(c2nc3ccccn3c2CNC)CC1. The number of piperidine rings is 1. The maximum Gasteiger partial charge on any atom is 0.152 e. The molecule has 0 unspecified atom stereocenters. The Labute approximate surface area is 125 Å². The Balaban J connectivity index is 1.85. The molecule has 2 aromatic rings. The van der Waals surface area contributed by atoms with Gasteiger partial charge < -0.3 is 19.4 Å². The summed E-state index contributed by atoms with van der Waals surface area (Å²) in [5.74, 6) is 1.12. The molecule has 1 N–H and O–H groups in total. The lowest BCUT2D eigenvalue weighted by Gasteiger charge is -2.32. The van der Waals surface area contributed by atoms with Crippen molar-refractivity contribution >= 4 is 11.5 Å². The number of pyridine rings is 1. The molecule has 1 saturated heterocycles. The first-order valence-electron chi connectivity index (χ1n) is 7.80. The van der Waals surface area contributed by atoms with Gasteiger partial charge in [0.1, 0.15) is 5.65 Å². The third-order valence-corrected chi connectivity index (χ3v) is 4.10. The molecule has 2 aromatic heterocycles. The molecule has 0 amide bonds. The van der Waals surface area contributed by atoms with Gasteiger partial charge in [-0.15, -0.1) is 0 Å². The normalized spacial score (nSPS) is 16.8. The molecule has 3 rings (SSSR count). The summed E-state index contributed by atoms with van der Waals surface area (Å²) in [6.45, 7) is 5.74. The van der Waals surface area contributed by atoms with Gasteiger partial charge in [0, 0.05) is 32.4 Å². The number of nitrogens with one attached hydrogen (secondary N) is 1. The number of anilines is 1. The van der Waals surface area contributed by atoms with Crippen molar-refractivity contribution in [2.24, 2.45) is 0 Å². The zero-order valence-corrected chi connectivity index (χ0v) is 12.9. The van der Waals surface area contributed by atoms with Crippen LogP contribution in [0.25, 0.3) is 5.65 Å². The molecular weight excluding hydrogens is 264 g/mol. The quantitative estimate of drug-likeness (QED) is 0.914. The largest absolute Gasteiger partial charge is 0.378 e. The number of hydrogen-bond acceptors (Lipinski definition) is 4. The van der Waals surface area contributed by atoms with Gasteiger partial charge in [-0.25, -0.2) is 4.98 Å². The molecule has 0 saturated carbocycles. The minimum Gasteiger partial charge on any atom is -0.378 e. The van der Waals surface area contributed by atoms with Crippen molar-refractivity contribution in [3.8, 4) is 0 Å². The Bertz CT molecular complexity index is 587. The number of rotatable bonds is 5. The highest BCUT2D eigenvalue weighted by molar-refractivity contribution is 5.56. The molecule has 114 valence electrons. The van der Waals surface area contributed by atoms with Crippen LogP contribution in [-0.2, 0) is 11.3 Å². The monoisotopic (exact) mass is 288 g/mol. The maximum atomic E-state index is 5.74. The van der Waals surface area contributed by atoms with E-state index in [9.17, 15) is 0 Å². The van der Waals surface area contributed by atoms with Crippen LogP contribution in [0.4, 0.5) is 5.82 Å². The van der Waals surface area contributed by atoms with E-state index < -0.39 is 0 Å². The molecule has 0 aliphatic carbocycles. The van der Waals surface area contributed by atoms with Crippen LogP contribution in [0.15, 0.2) is 24.4 Å². The summed E-state index contributed by atoms with van der Waals surface area (Å²) in [6.07, 6.45) is 4.67. The van der Waals surface area contributed by atoms with Gasteiger partial charge in [0.05, 0.1) is 11.8 Å². The van der Waals surface area contributed by atoms with Gasteiger partial charge in [-0.05, 0) is 38.9 Å². The average Bonchev–Trinajstić information content (AvgIpc) is 2.88. The molecule has 0 radical (unpaired) electrons. The lowest BCUT2D eigenvalue weighted by Crippen LogP contribution is -2.38. The van der Waals surface area contributed by atoms with Gasteiger partial charge in [-0.3, -0.25) is 0 Å². The lowest BCUT2D eigenvalue weighted by molar-refractivity contribution is 0.0458. The zero-order valence-electron chi connectivity index (χ0n) is 12.9. The summed E-state index contributed by atoms with van der Waals surface area (Å²) in [5.41, 5.74) is 2.26. The van der Waals surface area contributed by atoms with Crippen LogP contribution in [0.2, 0.25) is 0 Å². The minimum absolute atomic E-state index is 0.413. The molecular formula is C16H24N4O. The molecule has 5 heteroatoms. The van der Waals surface area contributed by atoms with Gasteiger partial charge >= 0.3 is 0 Å². The Kier molecular flexibility index (Phi) is 4.41. The molecule has 1 aliphatic heterocycles. The number of aromatic nitrogens is 2. The highest BCUT2D eigenvalue weighted by Gasteiger charge is 2.24. The summed E-state index contributed by atoms with van der Waals surface area (Å²) in [7, 11) is 1.98. The van der Waals surface area contributed by atoms with Crippen molar-refractivity contribution in [1.82, 2.24) is 14.7 Å². The second-order valence-electron chi connectivity index (χ2n) is 5.48. The Morgan fingerprint density at radius 1 is 1.33 bits per heavy atom. The number of imidazole rings is 1. The minimum atomic E-state index is 0.413. The van der Waals surface area contributed by atoms with Crippen molar-refractivity contribution in [2.45, 2.75) is 32.4 Å². The second kappa shape index (κ2) is 6.45. The highest BCUT2D eigenvalue weighted by Crippen LogP contribution is 2.25. The van der Waals surface area contributed by atoms with Crippen LogP contribution >= 0.6 is 0 Å². The Morgan fingerprint density at radius 2 is 2.14 bits per heavy atom. The fourth-order valence-electron chi connectivity index (χ4n) is 3.09. The van der Waals surface area contributed by atoms with E-state index in [0.29, 0.717) is 6.10 Å². The first-order chi connectivity index (χ1) is 10.3. The fourth-order valence-corrected chi connectivity index (χ4v) is 3.09. The third-order valence-electron chi connectivity index (χ3n) is 4.10. The van der Waals surface area contributed by atoms with Crippen molar-refractivity contribution < 1.29 is 4.74 Å². The predicted octanol–water partition coefficient (Wildman–Crippen LogP) is 2.06. The standard InChI is InChI=1S/C16H24N4O/c1-3-21-13-7-10-19(11-8-13)16-14(12-17-2)20-9-5-4-6-15(20)18-16/h4-6,9,13,17H,3,7-8,10-12H2,1-2H3. The van der Waals surface area contributed by atoms with Gasteiger partial charge in [-0.1, -0.05) is 6.07 Å².